The van der Waals surface area contributed by atoms with Gasteiger partial charge in [0.15, 0.2) is 0 Å². The van der Waals surface area contributed by atoms with E-state index in [9.17, 15) is 18.8 Å². The molecule has 184 valence electrons. The fourth-order valence-corrected chi connectivity index (χ4v) is 5.25. The topological polar surface area (TPSA) is 90.8 Å². The number of aryl methyl sites for hydroxylation is 1. The van der Waals surface area contributed by atoms with Gasteiger partial charge in [-0.2, -0.15) is 5.10 Å². The number of hydrogen-bond donors (Lipinski definition) is 1. The molecule has 2 saturated heterocycles. The first kappa shape index (κ1) is 22.3. The molecule has 10 heteroatoms. The third-order valence-electron chi connectivity index (χ3n) is 7.13. The van der Waals surface area contributed by atoms with Gasteiger partial charge in [0.1, 0.15) is 17.6 Å². The van der Waals surface area contributed by atoms with Gasteiger partial charge in [0.05, 0.1) is 12.2 Å². The highest BCUT2D eigenvalue weighted by Crippen LogP contribution is 2.46. The Morgan fingerprint density at radius 2 is 1.89 bits per heavy atom. The summed E-state index contributed by atoms with van der Waals surface area (Å²) >= 11 is 0. The maximum Gasteiger partial charge on any atom is 0.327 e. The van der Waals surface area contributed by atoms with Crippen molar-refractivity contribution < 1.29 is 18.8 Å². The Kier molecular flexibility index (Phi) is 5.24. The maximum absolute atomic E-state index is 13.8. The summed E-state index contributed by atoms with van der Waals surface area (Å²) in [5, 5.41) is 7.22. The number of aromatic nitrogens is 2. The molecule has 1 aliphatic carbocycles. The van der Waals surface area contributed by atoms with E-state index in [1.165, 1.54) is 17.0 Å². The van der Waals surface area contributed by atoms with Gasteiger partial charge in [-0.3, -0.25) is 14.4 Å². The number of halogens is 1. The largest absolute Gasteiger partial charge is 0.327 e. The van der Waals surface area contributed by atoms with E-state index in [-0.39, 0.29) is 37.0 Å². The lowest BCUT2D eigenvalue weighted by atomic mass is 10.1. The first-order valence-corrected chi connectivity index (χ1v) is 11.9. The highest BCUT2D eigenvalue weighted by atomic mass is 19.1. The minimum absolute atomic E-state index is 0.116. The molecule has 0 bridgehead atoms. The Morgan fingerprint density at radius 3 is 2.67 bits per heavy atom. The standard InChI is InChI=1S/C26H25FN6O3/c1-30-14-20(23(29-30)17-8-5-9-18(27)12-17)28-25(35)31-10-11-32-22(15-31)24(34)33(26(32)36)21-13-19(21)16-6-3-2-4-7-16/h2-9,12,14,19,21-22H,10-11,13,15H2,1H3,(H,28,35)/t19-,21+,22+/m1/s1. The molecular weight excluding hydrogens is 463 g/mol. The highest BCUT2D eigenvalue weighted by Gasteiger charge is 2.56. The molecule has 1 saturated carbocycles. The third-order valence-corrected chi connectivity index (χ3v) is 7.13. The molecule has 9 nitrogen and oxygen atoms in total. The Labute approximate surface area is 207 Å². The summed E-state index contributed by atoms with van der Waals surface area (Å²) in [6.07, 6.45) is 2.41. The monoisotopic (exact) mass is 488 g/mol. The van der Waals surface area contributed by atoms with E-state index in [0.29, 0.717) is 23.5 Å². The SMILES string of the molecule is Cn1cc(NC(=O)N2CCN3C(=O)N([C@H]4C[C@@H]4c4ccccc4)C(=O)[C@@H]3C2)c(-c2cccc(F)c2)n1. The number of fused-ring (bicyclic) bond motifs is 1. The van der Waals surface area contributed by atoms with Gasteiger partial charge in [-0.1, -0.05) is 42.5 Å². The Balaban J connectivity index is 1.15. The summed E-state index contributed by atoms with van der Waals surface area (Å²) < 4.78 is 15.3. The summed E-state index contributed by atoms with van der Waals surface area (Å²) in [5.41, 5.74) is 2.55. The molecule has 2 aromatic carbocycles. The number of anilines is 1. The zero-order valence-electron chi connectivity index (χ0n) is 19.7. The molecule has 6 rings (SSSR count). The number of carbonyl (C=O) groups is 3. The van der Waals surface area contributed by atoms with Crippen molar-refractivity contribution in [2.75, 3.05) is 25.0 Å². The molecular formula is C26H25FN6O3. The fraction of sp³-hybridized carbons (Fsp3) is 0.308. The first-order chi connectivity index (χ1) is 17.4. The van der Waals surface area contributed by atoms with Gasteiger partial charge in [0, 0.05) is 43.9 Å². The van der Waals surface area contributed by atoms with Crippen LogP contribution in [-0.4, -0.2) is 74.2 Å². The van der Waals surface area contributed by atoms with Crippen LogP contribution in [0.2, 0.25) is 0 Å². The van der Waals surface area contributed by atoms with Gasteiger partial charge in [-0.05, 0) is 24.1 Å². The van der Waals surface area contributed by atoms with E-state index >= 15 is 0 Å². The molecule has 1 N–H and O–H groups in total. The highest BCUT2D eigenvalue weighted by molar-refractivity contribution is 6.06. The number of nitrogens with zero attached hydrogens (tertiary/aromatic N) is 5. The average molecular weight is 489 g/mol. The average Bonchev–Trinajstić information content (AvgIpc) is 3.51. The summed E-state index contributed by atoms with van der Waals surface area (Å²) in [7, 11) is 1.72. The number of piperazine rings is 1. The molecule has 3 aliphatic rings. The predicted octanol–water partition coefficient (Wildman–Crippen LogP) is 3.26. The normalized spacial score (nSPS) is 23.2. The number of imide groups is 1. The van der Waals surface area contributed by atoms with Crippen LogP contribution in [-0.2, 0) is 11.8 Å². The molecule has 3 atom stereocenters. The maximum atomic E-state index is 13.8. The number of amides is 5. The van der Waals surface area contributed by atoms with Gasteiger partial charge in [0.2, 0.25) is 0 Å². The van der Waals surface area contributed by atoms with E-state index in [1.807, 2.05) is 30.3 Å². The minimum Gasteiger partial charge on any atom is -0.320 e. The number of urea groups is 2. The van der Waals surface area contributed by atoms with Crippen LogP contribution < -0.4 is 5.32 Å². The fourth-order valence-electron chi connectivity index (χ4n) is 5.25. The van der Waals surface area contributed by atoms with Gasteiger partial charge < -0.3 is 15.1 Å². The van der Waals surface area contributed by atoms with Crippen LogP contribution in [0, 0.1) is 5.82 Å². The van der Waals surface area contributed by atoms with Crippen molar-refractivity contribution >= 4 is 23.7 Å². The van der Waals surface area contributed by atoms with Crippen LogP contribution in [0.15, 0.2) is 60.8 Å². The van der Waals surface area contributed by atoms with Crippen molar-refractivity contribution in [3.05, 3.63) is 72.2 Å². The molecule has 3 aromatic rings. The molecule has 2 aliphatic heterocycles. The van der Waals surface area contributed by atoms with Crippen molar-refractivity contribution in [1.82, 2.24) is 24.5 Å². The van der Waals surface area contributed by atoms with E-state index in [2.05, 4.69) is 10.4 Å². The van der Waals surface area contributed by atoms with Gasteiger partial charge in [-0.15, -0.1) is 0 Å². The quantitative estimate of drug-likeness (QED) is 0.571. The van der Waals surface area contributed by atoms with Crippen LogP contribution in [0.1, 0.15) is 17.9 Å². The number of hydrogen-bond acceptors (Lipinski definition) is 4. The van der Waals surface area contributed by atoms with Gasteiger partial charge in [0.25, 0.3) is 5.91 Å². The van der Waals surface area contributed by atoms with Crippen molar-refractivity contribution in [1.29, 1.82) is 0 Å². The molecule has 3 heterocycles. The van der Waals surface area contributed by atoms with E-state index in [4.69, 9.17) is 0 Å². The zero-order valence-corrected chi connectivity index (χ0v) is 19.7. The lowest BCUT2D eigenvalue weighted by Crippen LogP contribution is -2.55. The molecule has 1 aromatic heterocycles. The van der Waals surface area contributed by atoms with Crippen molar-refractivity contribution in [2.45, 2.75) is 24.4 Å². The second-order valence-corrected chi connectivity index (χ2v) is 9.47. The second-order valence-electron chi connectivity index (χ2n) is 9.47. The van der Waals surface area contributed by atoms with Crippen LogP contribution >= 0.6 is 0 Å². The summed E-state index contributed by atoms with van der Waals surface area (Å²) in [6.45, 7) is 0.703. The number of benzene rings is 2. The molecule has 0 radical (unpaired) electrons. The van der Waals surface area contributed by atoms with E-state index in [1.54, 1.807) is 39.9 Å². The smallest absolute Gasteiger partial charge is 0.320 e. The van der Waals surface area contributed by atoms with Crippen molar-refractivity contribution in [2.24, 2.45) is 7.05 Å². The van der Waals surface area contributed by atoms with E-state index in [0.717, 1.165) is 12.0 Å². The number of nitrogens with one attached hydrogen (secondary N) is 1. The Hall–Kier alpha value is -4.21. The molecule has 36 heavy (non-hydrogen) atoms. The van der Waals surface area contributed by atoms with Crippen LogP contribution in [0.4, 0.5) is 19.7 Å². The summed E-state index contributed by atoms with van der Waals surface area (Å²) in [4.78, 5) is 44.0. The third kappa shape index (κ3) is 3.78. The van der Waals surface area contributed by atoms with Crippen LogP contribution in [0.5, 0.6) is 0 Å². The van der Waals surface area contributed by atoms with Crippen molar-refractivity contribution in [3.8, 4) is 11.3 Å². The summed E-state index contributed by atoms with van der Waals surface area (Å²) in [6, 6.07) is 14.4. The first-order valence-electron chi connectivity index (χ1n) is 11.9. The summed E-state index contributed by atoms with van der Waals surface area (Å²) in [5.74, 6) is -0.486. The number of carbonyl (C=O) groups excluding carboxylic acids is 3. The molecule has 3 fully saturated rings. The zero-order chi connectivity index (χ0) is 25.0. The van der Waals surface area contributed by atoms with Crippen molar-refractivity contribution in [3.63, 3.8) is 0 Å². The number of rotatable bonds is 4. The van der Waals surface area contributed by atoms with Gasteiger partial charge in [-0.25, -0.2) is 14.0 Å². The predicted molar refractivity (Wildman–Crippen MR) is 130 cm³/mol. The Morgan fingerprint density at radius 1 is 1.08 bits per heavy atom. The Bertz CT molecular complexity index is 1360. The van der Waals surface area contributed by atoms with E-state index < -0.39 is 17.9 Å². The lowest BCUT2D eigenvalue weighted by Gasteiger charge is -2.35. The van der Waals surface area contributed by atoms with Crippen LogP contribution in [0.25, 0.3) is 11.3 Å². The van der Waals surface area contributed by atoms with Gasteiger partial charge >= 0.3 is 12.1 Å². The molecule has 5 amide bonds. The molecule has 0 spiro atoms. The second kappa shape index (κ2) is 8.47. The molecule has 0 unspecified atom stereocenters. The van der Waals surface area contributed by atoms with Crippen LogP contribution in [0.3, 0.4) is 0 Å². The minimum atomic E-state index is -0.689. The lowest BCUT2D eigenvalue weighted by molar-refractivity contribution is -0.129.